The SMILES string of the molecule is Cc1cc(C)nc(/N=C\[Se])c1. The molecule has 0 saturated heterocycles. The second-order valence-electron chi connectivity index (χ2n) is 2.38. The van der Waals surface area contributed by atoms with Crippen molar-refractivity contribution in [2.45, 2.75) is 13.8 Å². The fourth-order valence-corrected chi connectivity index (χ4v) is 1.17. The summed E-state index contributed by atoms with van der Waals surface area (Å²) >= 11 is 2.70. The molecule has 0 fully saturated rings. The van der Waals surface area contributed by atoms with E-state index in [-0.39, 0.29) is 0 Å². The molecule has 0 spiro atoms. The molecular formula is C8H9N2Se. The molecule has 1 rings (SSSR count). The average Bonchev–Trinajstić information content (AvgIpc) is 1.85. The van der Waals surface area contributed by atoms with Crippen molar-refractivity contribution in [3.8, 4) is 0 Å². The van der Waals surface area contributed by atoms with Crippen molar-refractivity contribution in [2.75, 3.05) is 0 Å². The van der Waals surface area contributed by atoms with E-state index in [1.54, 1.807) is 5.11 Å². The van der Waals surface area contributed by atoms with Gasteiger partial charge >= 0.3 is 74.2 Å². The van der Waals surface area contributed by atoms with Crippen LogP contribution in [-0.2, 0) is 0 Å². The van der Waals surface area contributed by atoms with E-state index in [4.69, 9.17) is 0 Å². The van der Waals surface area contributed by atoms with Crippen molar-refractivity contribution in [3.63, 3.8) is 0 Å². The van der Waals surface area contributed by atoms with Gasteiger partial charge in [-0.05, 0) is 0 Å². The van der Waals surface area contributed by atoms with Crippen LogP contribution in [0.25, 0.3) is 0 Å². The average molecular weight is 212 g/mol. The van der Waals surface area contributed by atoms with Gasteiger partial charge in [-0.2, -0.15) is 0 Å². The zero-order valence-corrected chi connectivity index (χ0v) is 8.25. The summed E-state index contributed by atoms with van der Waals surface area (Å²) in [7, 11) is 0. The zero-order valence-electron chi connectivity index (χ0n) is 6.53. The van der Waals surface area contributed by atoms with Crippen LogP contribution in [0.1, 0.15) is 11.3 Å². The van der Waals surface area contributed by atoms with Crippen LogP contribution in [0.15, 0.2) is 17.1 Å². The standard InChI is InChI=1S/C8H9N2Se/c1-6-3-7(2)10-8(4-6)9-5-11/h3-5H,1-2H3/b9-5-. The zero-order chi connectivity index (χ0) is 8.27. The number of pyridine rings is 1. The summed E-state index contributed by atoms with van der Waals surface area (Å²) in [6.45, 7) is 4.00. The Balaban J connectivity index is 3.08. The maximum absolute atomic E-state index is 4.21. The van der Waals surface area contributed by atoms with Gasteiger partial charge in [0.05, 0.1) is 0 Å². The second kappa shape index (κ2) is 3.65. The number of hydrogen-bond acceptors (Lipinski definition) is 2. The fraction of sp³-hybridized carbons (Fsp3) is 0.250. The Labute approximate surface area is 74.6 Å². The van der Waals surface area contributed by atoms with E-state index in [9.17, 15) is 0 Å². The van der Waals surface area contributed by atoms with E-state index in [1.807, 2.05) is 26.0 Å². The third kappa shape index (κ3) is 2.45. The number of rotatable bonds is 1. The summed E-state index contributed by atoms with van der Waals surface area (Å²) in [5.74, 6) is 0.765. The van der Waals surface area contributed by atoms with Crippen molar-refractivity contribution >= 4 is 26.9 Å². The van der Waals surface area contributed by atoms with Gasteiger partial charge in [-0.15, -0.1) is 0 Å². The summed E-state index contributed by atoms with van der Waals surface area (Å²) in [6, 6.07) is 3.97. The molecule has 0 amide bonds. The molecule has 0 saturated carbocycles. The quantitative estimate of drug-likeness (QED) is 0.512. The summed E-state index contributed by atoms with van der Waals surface area (Å²) < 4.78 is 0. The van der Waals surface area contributed by atoms with Gasteiger partial charge < -0.3 is 0 Å². The van der Waals surface area contributed by atoms with Crippen LogP contribution >= 0.6 is 0 Å². The molecule has 1 aromatic rings. The molecule has 1 radical (unpaired) electrons. The van der Waals surface area contributed by atoms with Crippen LogP contribution in [0.2, 0.25) is 0 Å². The van der Waals surface area contributed by atoms with E-state index in [2.05, 4.69) is 26.0 Å². The van der Waals surface area contributed by atoms with Crippen LogP contribution in [0.5, 0.6) is 0 Å². The Morgan fingerprint density at radius 2 is 2.18 bits per heavy atom. The normalized spacial score (nSPS) is 10.7. The van der Waals surface area contributed by atoms with Crippen LogP contribution < -0.4 is 0 Å². The molecule has 0 aliphatic rings. The van der Waals surface area contributed by atoms with Gasteiger partial charge in [-0.1, -0.05) is 0 Å². The van der Waals surface area contributed by atoms with Crippen molar-refractivity contribution in [2.24, 2.45) is 4.99 Å². The van der Waals surface area contributed by atoms with E-state index in [0.29, 0.717) is 0 Å². The number of nitrogens with zero attached hydrogens (tertiary/aromatic N) is 2. The first-order chi connectivity index (χ1) is 5.22. The van der Waals surface area contributed by atoms with E-state index < -0.39 is 0 Å². The fourth-order valence-electron chi connectivity index (χ4n) is 0.940. The first-order valence-corrected chi connectivity index (χ1v) is 4.31. The van der Waals surface area contributed by atoms with Crippen molar-refractivity contribution in [3.05, 3.63) is 23.4 Å². The van der Waals surface area contributed by atoms with Crippen molar-refractivity contribution in [1.82, 2.24) is 4.98 Å². The molecular weight excluding hydrogens is 203 g/mol. The predicted molar refractivity (Wildman–Crippen MR) is 47.6 cm³/mol. The molecule has 0 N–H and O–H groups in total. The Morgan fingerprint density at radius 1 is 1.45 bits per heavy atom. The van der Waals surface area contributed by atoms with Crippen LogP contribution in [0, 0.1) is 13.8 Å². The number of aryl methyl sites for hydroxylation is 2. The van der Waals surface area contributed by atoms with E-state index in [0.717, 1.165) is 11.5 Å². The van der Waals surface area contributed by atoms with Gasteiger partial charge in [0.1, 0.15) is 0 Å². The minimum atomic E-state index is 0.765. The monoisotopic (exact) mass is 213 g/mol. The molecule has 0 aliphatic heterocycles. The molecule has 11 heavy (non-hydrogen) atoms. The van der Waals surface area contributed by atoms with Crippen LogP contribution in [0.4, 0.5) is 5.82 Å². The second-order valence-corrected chi connectivity index (χ2v) is 2.82. The van der Waals surface area contributed by atoms with Gasteiger partial charge in [0.25, 0.3) is 0 Å². The molecule has 57 valence electrons. The van der Waals surface area contributed by atoms with Gasteiger partial charge in [-0.3, -0.25) is 0 Å². The number of aliphatic imine (C=N–C) groups is 1. The molecule has 3 heteroatoms. The molecule has 0 aromatic carbocycles. The summed E-state index contributed by atoms with van der Waals surface area (Å²) in [4.78, 5) is 8.24. The third-order valence-corrected chi connectivity index (χ3v) is 1.49. The Morgan fingerprint density at radius 3 is 2.73 bits per heavy atom. The summed E-state index contributed by atoms with van der Waals surface area (Å²) in [5, 5.41) is 1.63. The van der Waals surface area contributed by atoms with Crippen LogP contribution in [0.3, 0.4) is 0 Å². The summed E-state index contributed by atoms with van der Waals surface area (Å²) in [5.41, 5.74) is 2.20. The Kier molecular flexibility index (Phi) is 2.80. The van der Waals surface area contributed by atoms with Gasteiger partial charge in [0, 0.05) is 0 Å². The number of hydrogen-bond donors (Lipinski definition) is 0. The maximum atomic E-state index is 4.21. The van der Waals surface area contributed by atoms with Gasteiger partial charge in [0.2, 0.25) is 0 Å². The topological polar surface area (TPSA) is 25.2 Å². The van der Waals surface area contributed by atoms with E-state index in [1.165, 1.54) is 5.56 Å². The van der Waals surface area contributed by atoms with Gasteiger partial charge in [-0.25, -0.2) is 0 Å². The molecule has 1 aromatic heterocycles. The van der Waals surface area contributed by atoms with Crippen molar-refractivity contribution < 1.29 is 0 Å². The molecule has 0 bridgehead atoms. The summed E-state index contributed by atoms with van der Waals surface area (Å²) in [6.07, 6.45) is 0. The Hall–Kier alpha value is -0.661. The van der Waals surface area contributed by atoms with Gasteiger partial charge in [0.15, 0.2) is 0 Å². The minimum absolute atomic E-state index is 0.765. The van der Waals surface area contributed by atoms with Crippen molar-refractivity contribution in [1.29, 1.82) is 0 Å². The molecule has 1 heterocycles. The predicted octanol–water partition coefficient (Wildman–Crippen LogP) is 1.53. The first kappa shape index (κ1) is 8.44. The molecule has 0 atom stereocenters. The van der Waals surface area contributed by atoms with E-state index >= 15 is 0 Å². The third-order valence-electron chi connectivity index (χ3n) is 1.27. The first-order valence-electron chi connectivity index (χ1n) is 3.32. The molecule has 2 nitrogen and oxygen atoms in total. The Bertz CT molecular complexity index is 261. The molecule has 0 aliphatic carbocycles. The number of aromatic nitrogens is 1. The molecule has 0 unspecified atom stereocenters. The van der Waals surface area contributed by atoms with Crippen LogP contribution in [-0.4, -0.2) is 26.1 Å².